The van der Waals surface area contributed by atoms with Crippen molar-refractivity contribution in [2.45, 2.75) is 0 Å². The Morgan fingerprint density at radius 2 is 1.66 bits per heavy atom. The van der Waals surface area contributed by atoms with Gasteiger partial charge in [0.05, 0.1) is 12.8 Å². The van der Waals surface area contributed by atoms with Crippen LogP contribution in [0.2, 0.25) is 0 Å². The number of hydrogen-bond acceptors (Lipinski definition) is 6. The molecule has 2 N–H and O–H groups in total. The quantitative estimate of drug-likeness (QED) is 0.564. The lowest BCUT2D eigenvalue weighted by atomic mass is 10.1. The third-order valence-corrected chi connectivity index (χ3v) is 3.99. The zero-order valence-corrected chi connectivity index (χ0v) is 15.2. The van der Waals surface area contributed by atoms with Crippen LogP contribution in [0.25, 0.3) is 6.08 Å². The van der Waals surface area contributed by atoms with Crippen LogP contribution < -0.4 is 19.7 Å². The zero-order valence-electron chi connectivity index (χ0n) is 15.2. The summed E-state index contributed by atoms with van der Waals surface area (Å²) < 4.78 is 10.1. The lowest BCUT2D eigenvalue weighted by Gasteiger charge is -2.26. The number of carboxylic acid groups (broad SMARTS) is 1. The van der Waals surface area contributed by atoms with E-state index in [9.17, 15) is 19.2 Å². The second kappa shape index (κ2) is 8.26. The van der Waals surface area contributed by atoms with Crippen LogP contribution >= 0.6 is 0 Å². The Hall–Kier alpha value is -4.14. The van der Waals surface area contributed by atoms with Gasteiger partial charge in [0, 0.05) is 0 Å². The highest BCUT2D eigenvalue weighted by Crippen LogP contribution is 2.24. The average molecular weight is 396 g/mol. The molecule has 1 fully saturated rings. The molecule has 0 unspecified atom stereocenters. The highest BCUT2D eigenvalue weighted by atomic mass is 16.5. The SMILES string of the molecule is COc1ccc(N2C(=O)NC(=O)/C(=C/c3ccc(OCC(=O)O)cc3)C2=O)cc1. The highest BCUT2D eigenvalue weighted by Gasteiger charge is 2.36. The van der Waals surface area contributed by atoms with Gasteiger partial charge in [-0.3, -0.25) is 14.9 Å². The van der Waals surface area contributed by atoms with Crippen molar-refractivity contribution in [1.82, 2.24) is 5.32 Å². The molecule has 0 spiro atoms. The maximum absolute atomic E-state index is 12.8. The van der Waals surface area contributed by atoms with Gasteiger partial charge in [-0.1, -0.05) is 12.1 Å². The number of nitrogens with zero attached hydrogens (tertiary/aromatic N) is 1. The lowest BCUT2D eigenvalue weighted by Crippen LogP contribution is -2.54. The smallest absolute Gasteiger partial charge is 0.341 e. The first kappa shape index (κ1) is 19.6. The van der Waals surface area contributed by atoms with Crippen molar-refractivity contribution < 1.29 is 33.8 Å². The number of nitrogens with one attached hydrogen (secondary N) is 1. The topological polar surface area (TPSA) is 122 Å². The van der Waals surface area contributed by atoms with Gasteiger partial charge in [0.1, 0.15) is 17.1 Å². The molecule has 1 heterocycles. The Labute approximate surface area is 165 Å². The second-order valence-corrected chi connectivity index (χ2v) is 5.91. The molecule has 0 radical (unpaired) electrons. The van der Waals surface area contributed by atoms with E-state index in [2.05, 4.69) is 5.32 Å². The Balaban J connectivity index is 1.85. The molecule has 9 heteroatoms. The van der Waals surface area contributed by atoms with Gasteiger partial charge in [-0.25, -0.2) is 14.5 Å². The van der Waals surface area contributed by atoms with Gasteiger partial charge in [-0.2, -0.15) is 0 Å². The van der Waals surface area contributed by atoms with Crippen molar-refractivity contribution >= 4 is 35.6 Å². The van der Waals surface area contributed by atoms with Crippen molar-refractivity contribution in [3.05, 3.63) is 59.7 Å². The van der Waals surface area contributed by atoms with Crippen LogP contribution in [0, 0.1) is 0 Å². The molecule has 3 rings (SSSR count). The summed E-state index contributed by atoms with van der Waals surface area (Å²) in [5.74, 6) is -1.81. The van der Waals surface area contributed by atoms with Gasteiger partial charge in [0.2, 0.25) is 0 Å². The van der Waals surface area contributed by atoms with Crippen molar-refractivity contribution in [2.24, 2.45) is 0 Å². The molecule has 2 aromatic rings. The third kappa shape index (κ3) is 4.41. The molecule has 1 saturated heterocycles. The predicted molar refractivity (Wildman–Crippen MR) is 102 cm³/mol. The van der Waals surface area contributed by atoms with Crippen LogP contribution in [0.1, 0.15) is 5.56 Å². The number of amides is 4. The number of benzene rings is 2. The first-order valence-electron chi connectivity index (χ1n) is 8.39. The first-order valence-corrected chi connectivity index (χ1v) is 8.39. The van der Waals surface area contributed by atoms with E-state index in [4.69, 9.17) is 14.6 Å². The highest BCUT2D eigenvalue weighted by molar-refractivity contribution is 6.39. The molecule has 4 amide bonds. The van der Waals surface area contributed by atoms with E-state index >= 15 is 0 Å². The number of carbonyl (C=O) groups is 4. The molecule has 2 aromatic carbocycles. The van der Waals surface area contributed by atoms with E-state index in [0.717, 1.165) is 4.90 Å². The summed E-state index contributed by atoms with van der Waals surface area (Å²) in [4.78, 5) is 48.6. The van der Waals surface area contributed by atoms with E-state index in [0.29, 0.717) is 17.1 Å². The fourth-order valence-corrected chi connectivity index (χ4v) is 2.60. The van der Waals surface area contributed by atoms with E-state index in [-0.39, 0.29) is 11.3 Å². The largest absolute Gasteiger partial charge is 0.497 e. The van der Waals surface area contributed by atoms with Crippen LogP contribution in [0.3, 0.4) is 0 Å². The van der Waals surface area contributed by atoms with Crippen molar-refractivity contribution in [3.8, 4) is 11.5 Å². The van der Waals surface area contributed by atoms with Crippen molar-refractivity contribution in [3.63, 3.8) is 0 Å². The zero-order chi connectivity index (χ0) is 21.0. The normalized spacial score (nSPS) is 15.3. The number of hydrogen-bond donors (Lipinski definition) is 2. The van der Waals surface area contributed by atoms with Crippen LogP contribution in [-0.2, 0) is 14.4 Å². The van der Waals surface area contributed by atoms with E-state index in [1.165, 1.54) is 37.5 Å². The minimum atomic E-state index is -1.11. The van der Waals surface area contributed by atoms with Crippen LogP contribution in [-0.4, -0.2) is 42.6 Å². The predicted octanol–water partition coefficient (Wildman–Crippen LogP) is 1.82. The Morgan fingerprint density at radius 1 is 1.03 bits per heavy atom. The maximum atomic E-state index is 12.8. The summed E-state index contributed by atoms with van der Waals surface area (Å²) >= 11 is 0. The van der Waals surface area contributed by atoms with Gasteiger partial charge in [-0.15, -0.1) is 0 Å². The summed E-state index contributed by atoms with van der Waals surface area (Å²) in [6.07, 6.45) is 1.33. The number of aliphatic carboxylic acids is 1. The van der Waals surface area contributed by atoms with Crippen LogP contribution in [0.5, 0.6) is 11.5 Å². The summed E-state index contributed by atoms with van der Waals surface area (Å²) in [5.41, 5.74) is 0.555. The number of methoxy groups -OCH3 is 1. The average Bonchev–Trinajstić information content (AvgIpc) is 2.71. The minimum absolute atomic E-state index is 0.223. The van der Waals surface area contributed by atoms with Crippen molar-refractivity contribution in [1.29, 1.82) is 0 Å². The van der Waals surface area contributed by atoms with Gasteiger partial charge in [-0.05, 0) is 48.0 Å². The monoisotopic (exact) mass is 396 g/mol. The maximum Gasteiger partial charge on any atom is 0.341 e. The molecular formula is C20H16N2O7. The van der Waals surface area contributed by atoms with E-state index in [1.807, 2.05) is 0 Å². The van der Waals surface area contributed by atoms with Gasteiger partial charge in [0.25, 0.3) is 11.8 Å². The number of ether oxygens (including phenoxy) is 2. The Morgan fingerprint density at radius 3 is 2.24 bits per heavy atom. The van der Waals surface area contributed by atoms with Crippen molar-refractivity contribution in [2.75, 3.05) is 18.6 Å². The second-order valence-electron chi connectivity index (χ2n) is 5.91. The minimum Gasteiger partial charge on any atom is -0.497 e. The number of urea groups is 1. The third-order valence-electron chi connectivity index (χ3n) is 3.99. The molecule has 0 aliphatic carbocycles. The number of imide groups is 2. The molecule has 1 aliphatic rings. The molecule has 0 atom stereocenters. The molecule has 0 aromatic heterocycles. The molecule has 148 valence electrons. The number of barbiturate groups is 1. The summed E-state index contributed by atoms with van der Waals surface area (Å²) in [7, 11) is 1.49. The number of anilines is 1. The van der Waals surface area contributed by atoms with Gasteiger partial charge < -0.3 is 14.6 Å². The molecule has 29 heavy (non-hydrogen) atoms. The van der Waals surface area contributed by atoms with Gasteiger partial charge in [0.15, 0.2) is 6.61 Å². The molecule has 1 aliphatic heterocycles. The number of rotatable bonds is 6. The van der Waals surface area contributed by atoms with Crippen LogP contribution in [0.15, 0.2) is 54.1 Å². The Bertz CT molecular complexity index is 994. The number of carbonyl (C=O) groups excluding carboxylic acids is 3. The summed E-state index contributed by atoms with van der Waals surface area (Å²) in [6.45, 7) is -0.486. The molecule has 0 saturated carbocycles. The van der Waals surface area contributed by atoms with Crippen LogP contribution in [0.4, 0.5) is 10.5 Å². The molecule has 9 nitrogen and oxygen atoms in total. The van der Waals surface area contributed by atoms with Gasteiger partial charge >= 0.3 is 12.0 Å². The molecule has 0 bridgehead atoms. The first-order chi connectivity index (χ1) is 13.9. The fourth-order valence-electron chi connectivity index (χ4n) is 2.60. The standard InChI is InChI=1S/C20H16N2O7/c1-28-14-8-4-13(5-9-14)22-19(26)16(18(25)21-20(22)27)10-12-2-6-15(7-3-12)29-11-17(23)24/h2-10H,11H2,1H3,(H,23,24)(H,21,25,27)/b16-10-. The summed E-state index contributed by atoms with van der Waals surface area (Å²) in [5, 5.41) is 10.8. The lowest BCUT2D eigenvalue weighted by molar-refractivity contribution is -0.139. The number of carboxylic acids is 1. The van der Waals surface area contributed by atoms with E-state index < -0.39 is 30.4 Å². The summed E-state index contributed by atoms with van der Waals surface area (Å²) in [6, 6.07) is 11.5. The molecular weight excluding hydrogens is 380 g/mol. The van der Waals surface area contributed by atoms with E-state index in [1.54, 1.807) is 24.3 Å². The Kier molecular flexibility index (Phi) is 5.59. The fraction of sp³-hybridized carbons (Fsp3) is 0.100.